The largest absolute Gasteiger partial charge is 0.550 e. The summed E-state index contributed by atoms with van der Waals surface area (Å²) in [4.78, 5) is 16.2. The summed E-state index contributed by atoms with van der Waals surface area (Å²) >= 11 is 8.04. The number of carboxylic acid groups (broad SMARTS) is 1. The molecular weight excluding hydrogens is 550 g/mol. The van der Waals surface area contributed by atoms with Crippen molar-refractivity contribution in [2.45, 2.75) is 56.8 Å². The van der Waals surface area contributed by atoms with E-state index in [2.05, 4.69) is 42.5 Å². The van der Waals surface area contributed by atoms with Gasteiger partial charge in [-0.15, -0.1) is 0 Å². The maximum atomic E-state index is 11.4. The molecule has 0 aliphatic heterocycles. The Morgan fingerprint density at radius 1 is 1.07 bits per heavy atom. The number of aromatic nitrogens is 1. The van der Waals surface area contributed by atoms with Crippen LogP contribution in [0.2, 0.25) is 5.02 Å². The van der Waals surface area contributed by atoms with Crippen LogP contribution in [0.3, 0.4) is 0 Å². The van der Waals surface area contributed by atoms with Crippen molar-refractivity contribution in [3.05, 3.63) is 112 Å². The molecule has 3 aromatic carbocycles. The Kier molecular flexibility index (Phi) is 8.88. The van der Waals surface area contributed by atoms with Crippen LogP contribution in [0.1, 0.15) is 72.7 Å². The van der Waals surface area contributed by atoms with Gasteiger partial charge in [0, 0.05) is 21.6 Å². The highest BCUT2D eigenvalue weighted by molar-refractivity contribution is 7.99. The zero-order valence-electron chi connectivity index (χ0n) is 23.5. The predicted octanol–water partition coefficient (Wildman–Crippen LogP) is 7.61. The number of thioether (sulfide) groups is 1. The first-order valence-electron chi connectivity index (χ1n) is 14.1. The van der Waals surface area contributed by atoms with Gasteiger partial charge in [0.2, 0.25) is 0 Å². The third-order valence-corrected chi connectivity index (χ3v) is 9.75. The second kappa shape index (κ2) is 12.4. The SMILES string of the molecule is CC(C)(O)c1cccc(CCC(SCC2(CC(=O)[O-])CC2)c2ccccc2/C=C/c2ccc3ccc(Cl)cc3n2)c1. The fourth-order valence-corrected chi connectivity index (χ4v) is 6.99. The molecule has 4 nitrogen and oxygen atoms in total. The van der Waals surface area contributed by atoms with Crippen molar-refractivity contribution in [3.8, 4) is 0 Å². The van der Waals surface area contributed by atoms with Gasteiger partial charge in [-0.1, -0.05) is 78.3 Å². The molecule has 1 aliphatic rings. The molecular formula is C35H35ClNO3S-. The number of carbonyl (C=O) groups excluding carboxylic acids is 1. The standard InChI is InChI=1S/C35H36ClNO3S/c1-34(2,40)27-8-5-6-24(20-27)10-17-32(41-23-35(18-19-35)22-33(38)39)30-9-4-3-7-25(30)12-15-29-16-13-26-11-14-28(36)21-31(26)37-29/h3-9,11-16,20-21,32,40H,10,17-19,22-23H2,1-2H3,(H,38,39)/p-1/b15-12+. The van der Waals surface area contributed by atoms with Crippen molar-refractivity contribution in [2.75, 3.05) is 5.75 Å². The normalized spacial score (nSPS) is 15.3. The molecule has 212 valence electrons. The molecule has 1 saturated carbocycles. The second-order valence-corrected chi connectivity index (χ2v) is 13.3. The van der Waals surface area contributed by atoms with Gasteiger partial charge in [0.15, 0.2) is 0 Å². The number of carboxylic acids is 1. The Morgan fingerprint density at radius 2 is 1.85 bits per heavy atom. The van der Waals surface area contributed by atoms with Crippen LogP contribution < -0.4 is 5.11 Å². The molecule has 4 aromatic rings. The van der Waals surface area contributed by atoms with Gasteiger partial charge in [-0.05, 0) is 104 Å². The van der Waals surface area contributed by atoms with E-state index in [9.17, 15) is 15.0 Å². The molecule has 0 spiro atoms. The molecule has 1 atom stereocenters. The van der Waals surface area contributed by atoms with E-state index in [0.717, 1.165) is 59.2 Å². The van der Waals surface area contributed by atoms with Crippen LogP contribution >= 0.6 is 23.4 Å². The number of carbonyl (C=O) groups is 1. The monoisotopic (exact) mass is 584 g/mol. The van der Waals surface area contributed by atoms with Crippen molar-refractivity contribution in [1.29, 1.82) is 0 Å². The highest BCUT2D eigenvalue weighted by Crippen LogP contribution is 2.53. The topological polar surface area (TPSA) is 73.2 Å². The molecule has 1 N–H and O–H groups in total. The van der Waals surface area contributed by atoms with E-state index in [-0.39, 0.29) is 17.1 Å². The van der Waals surface area contributed by atoms with Crippen LogP contribution in [0.5, 0.6) is 0 Å². The van der Waals surface area contributed by atoms with Crippen LogP contribution in [0.15, 0.2) is 78.9 Å². The second-order valence-electron chi connectivity index (χ2n) is 11.7. The Morgan fingerprint density at radius 3 is 2.61 bits per heavy atom. The maximum absolute atomic E-state index is 11.4. The van der Waals surface area contributed by atoms with Gasteiger partial charge in [-0.2, -0.15) is 11.8 Å². The van der Waals surface area contributed by atoms with Crippen LogP contribution in [0.25, 0.3) is 23.1 Å². The van der Waals surface area contributed by atoms with E-state index in [1.165, 1.54) is 11.1 Å². The number of hydrogen-bond donors (Lipinski definition) is 1. The lowest BCUT2D eigenvalue weighted by atomic mass is 9.94. The average Bonchev–Trinajstić information content (AvgIpc) is 3.70. The minimum atomic E-state index is -0.962. The summed E-state index contributed by atoms with van der Waals surface area (Å²) in [7, 11) is 0. The Balaban J connectivity index is 1.40. The molecule has 1 aliphatic carbocycles. The molecule has 1 unspecified atom stereocenters. The lowest BCUT2D eigenvalue weighted by molar-refractivity contribution is -0.307. The van der Waals surface area contributed by atoms with Gasteiger partial charge in [0.1, 0.15) is 0 Å². The van der Waals surface area contributed by atoms with Crippen molar-refractivity contribution in [2.24, 2.45) is 5.41 Å². The molecule has 0 bridgehead atoms. The maximum Gasteiger partial charge on any atom is 0.0840 e. The molecule has 0 saturated heterocycles. The van der Waals surface area contributed by atoms with Crippen LogP contribution in [0.4, 0.5) is 0 Å². The molecule has 41 heavy (non-hydrogen) atoms. The zero-order chi connectivity index (χ0) is 29.0. The van der Waals surface area contributed by atoms with E-state index < -0.39 is 11.6 Å². The third-order valence-electron chi connectivity index (χ3n) is 7.85. The van der Waals surface area contributed by atoms with E-state index in [1.807, 2.05) is 60.3 Å². The number of aliphatic hydroxyl groups is 1. The fourth-order valence-electron chi connectivity index (χ4n) is 5.20. The number of fused-ring (bicyclic) bond motifs is 1. The first-order valence-corrected chi connectivity index (χ1v) is 15.5. The lowest BCUT2D eigenvalue weighted by Crippen LogP contribution is -2.26. The van der Waals surface area contributed by atoms with E-state index >= 15 is 0 Å². The fraction of sp³-hybridized carbons (Fsp3) is 0.314. The molecule has 5 rings (SSSR count). The quantitative estimate of drug-likeness (QED) is 0.185. The van der Waals surface area contributed by atoms with Gasteiger partial charge in [0.25, 0.3) is 0 Å². The average molecular weight is 585 g/mol. The zero-order valence-corrected chi connectivity index (χ0v) is 25.0. The molecule has 6 heteroatoms. The van der Waals surface area contributed by atoms with Gasteiger partial charge >= 0.3 is 0 Å². The van der Waals surface area contributed by atoms with Crippen LogP contribution in [-0.4, -0.2) is 21.8 Å². The first-order chi connectivity index (χ1) is 19.6. The molecule has 1 fully saturated rings. The van der Waals surface area contributed by atoms with Crippen LogP contribution in [-0.2, 0) is 16.8 Å². The molecule has 1 aromatic heterocycles. The molecule has 1 heterocycles. The number of halogens is 1. The van der Waals surface area contributed by atoms with Crippen molar-refractivity contribution >= 4 is 52.4 Å². The number of aliphatic carboxylic acids is 1. The van der Waals surface area contributed by atoms with E-state index in [1.54, 1.807) is 13.8 Å². The van der Waals surface area contributed by atoms with E-state index in [4.69, 9.17) is 16.6 Å². The van der Waals surface area contributed by atoms with Gasteiger partial charge in [0.05, 0.1) is 16.8 Å². The first kappa shape index (κ1) is 29.4. The van der Waals surface area contributed by atoms with Gasteiger partial charge in [-0.25, -0.2) is 4.98 Å². The Hall–Kier alpha value is -3.12. The third kappa shape index (κ3) is 7.79. The summed E-state index contributed by atoms with van der Waals surface area (Å²) < 4.78 is 0. The van der Waals surface area contributed by atoms with Gasteiger partial charge in [-0.3, -0.25) is 0 Å². The summed E-state index contributed by atoms with van der Waals surface area (Å²) in [5, 5.41) is 23.8. The van der Waals surface area contributed by atoms with Crippen molar-refractivity contribution in [1.82, 2.24) is 4.98 Å². The summed E-state index contributed by atoms with van der Waals surface area (Å²) in [6.45, 7) is 3.61. The summed E-state index contributed by atoms with van der Waals surface area (Å²) in [5.41, 5.74) is 5.09. The number of rotatable bonds is 12. The number of pyridine rings is 1. The van der Waals surface area contributed by atoms with Crippen molar-refractivity contribution in [3.63, 3.8) is 0 Å². The minimum absolute atomic E-state index is 0.125. The van der Waals surface area contributed by atoms with Gasteiger partial charge < -0.3 is 15.0 Å². The van der Waals surface area contributed by atoms with Crippen LogP contribution in [0, 0.1) is 5.41 Å². The Bertz CT molecular complexity index is 1570. The highest BCUT2D eigenvalue weighted by atomic mass is 35.5. The highest BCUT2D eigenvalue weighted by Gasteiger charge is 2.42. The molecule has 0 amide bonds. The number of hydrogen-bond acceptors (Lipinski definition) is 5. The lowest BCUT2D eigenvalue weighted by Gasteiger charge is -2.24. The minimum Gasteiger partial charge on any atom is -0.550 e. The summed E-state index contributed by atoms with van der Waals surface area (Å²) in [6, 6.07) is 26.4. The summed E-state index contributed by atoms with van der Waals surface area (Å²) in [5.74, 6) is -0.170. The predicted molar refractivity (Wildman–Crippen MR) is 169 cm³/mol. The summed E-state index contributed by atoms with van der Waals surface area (Å²) in [6.07, 6.45) is 7.89. The number of nitrogens with zero attached hydrogens (tertiary/aromatic N) is 1. The smallest absolute Gasteiger partial charge is 0.0840 e. The number of benzene rings is 3. The van der Waals surface area contributed by atoms with Crippen molar-refractivity contribution < 1.29 is 15.0 Å². The molecule has 0 radical (unpaired) electrons. The Labute approximate surface area is 251 Å². The van der Waals surface area contributed by atoms with E-state index in [0.29, 0.717) is 5.02 Å². The number of aryl methyl sites for hydroxylation is 1.